The average molecular weight is 212 g/mol. The Balaban J connectivity index is 2.22. The predicted octanol–water partition coefficient (Wildman–Crippen LogP) is 2.04. The Morgan fingerprint density at radius 2 is 2.36 bits per heavy atom. The molecule has 0 bridgehead atoms. The number of halogens is 1. The summed E-state index contributed by atoms with van der Waals surface area (Å²) >= 11 is 6.06. The van der Waals surface area contributed by atoms with Crippen LogP contribution in [-0.2, 0) is 0 Å². The highest BCUT2D eigenvalue weighted by atomic mass is 35.5. The second-order valence-electron chi connectivity index (χ2n) is 3.71. The first-order chi connectivity index (χ1) is 6.83. The van der Waals surface area contributed by atoms with Crippen LogP contribution in [0.3, 0.4) is 0 Å². The van der Waals surface area contributed by atoms with E-state index in [0.29, 0.717) is 10.9 Å². The van der Waals surface area contributed by atoms with Crippen molar-refractivity contribution in [3.63, 3.8) is 0 Å². The van der Waals surface area contributed by atoms with E-state index in [9.17, 15) is 0 Å². The maximum atomic E-state index is 6.06. The van der Waals surface area contributed by atoms with Crippen LogP contribution in [0, 0.1) is 5.92 Å². The van der Waals surface area contributed by atoms with Crippen LogP contribution in [0.4, 0.5) is 0 Å². The van der Waals surface area contributed by atoms with Crippen molar-refractivity contribution in [1.82, 2.24) is 10.4 Å². The van der Waals surface area contributed by atoms with E-state index in [1.54, 1.807) is 6.20 Å². The highest BCUT2D eigenvalue weighted by Crippen LogP contribution is 2.38. The Labute approximate surface area is 88.6 Å². The number of nitrogens with two attached hydrogens (primary N) is 1. The van der Waals surface area contributed by atoms with E-state index in [4.69, 9.17) is 17.4 Å². The summed E-state index contributed by atoms with van der Waals surface area (Å²) in [5.41, 5.74) is 3.69. The first-order valence-corrected chi connectivity index (χ1v) is 5.27. The van der Waals surface area contributed by atoms with E-state index < -0.39 is 0 Å². The van der Waals surface area contributed by atoms with Gasteiger partial charge in [0.15, 0.2) is 0 Å². The van der Waals surface area contributed by atoms with E-state index >= 15 is 0 Å². The van der Waals surface area contributed by atoms with Crippen LogP contribution < -0.4 is 11.3 Å². The third-order valence-corrected chi connectivity index (χ3v) is 3.20. The Morgan fingerprint density at radius 1 is 1.57 bits per heavy atom. The third-order valence-electron chi connectivity index (χ3n) is 2.88. The Morgan fingerprint density at radius 3 is 2.86 bits per heavy atom. The van der Waals surface area contributed by atoms with Gasteiger partial charge >= 0.3 is 0 Å². The zero-order valence-corrected chi connectivity index (χ0v) is 8.67. The van der Waals surface area contributed by atoms with Crippen LogP contribution >= 0.6 is 11.6 Å². The molecule has 0 aliphatic heterocycles. The fraction of sp³-hybridized carbons (Fsp3) is 0.500. The minimum absolute atomic E-state index is 0.109. The van der Waals surface area contributed by atoms with Gasteiger partial charge in [0, 0.05) is 6.20 Å². The second kappa shape index (κ2) is 4.26. The normalized spacial score (nSPS) is 19.0. The predicted molar refractivity (Wildman–Crippen MR) is 56.7 cm³/mol. The van der Waals surface area contributed by atoms with Crippen molar-refractivity contribution >= 4 is 11.6 Å². The van der Waals surface area contributed by atoms with Crippen molar-refractivity contribution in [2.45, 2.75) is 25.3 Å². The molecule has 0 aromatic carbocycles. The molecule has 1 heterocycles. The van der Waals surface area contributed by atoms with E-state index in [2.05, 4.69) is 10.4 Å². The van der Waals surface area contributed by atoms with Gasteiger partial charge in [-0.3, -0.25) is 16.3 Å². The van der Waals surface area contributed by atoms with Crippen LogP contribution in [0.5, 0.6) is 0 Å². The lowest BCUT2D eigenvalue weighted by atomic mass is 9.78. The summed E-state index contributed by atoms with van der Waals surface area (Å²) in [5.74, 6) is 6.13. The fourth-order valence-corrected chi connectivity index (χ4v) is 2.08. The molecule has 3 nitrogen and oxygen atoms in total. The number of hydrogen-bond acceptors (Lipinski definition) is 3. The quantitative estimate of drug-likeness (QED) is 0.594. The average Bonchev–Trinajstić information content (AvgIpc) is 2.12. The number of pyridine rings is 1. The van der Waals surface area contributed by atoms with Crippen LogP contribution in [0.15, 0.2) is 18.3 Å². The molecule has 1 saturated carbocycles. The molecule has 1 fully saturated rings. The number of hydrazine groups is 1. The second-order valence-corrected chi connectivity index (χ2v) is 4.11. The Bertz CT molecular complexity index is 312. The molecule has 0 amide bonds. The molecule has 3 N–H and O–H groups in total. The molecular weight excluding hydrogens is 198 g/mol. The Kier molecular flexibility index (Phi) is 3.01. The van der Waals surface area contributed by atoms with Crippen molar-refractivity contribution in [3.05, 3.63) is 29.0 Å². The van der Waals surface area contributed by atoms with Gasteiger partial charge in [0.1, 0.15) is 0 Å². The lowest BCUT2D eigenvalue weighted by Gasteiger charge is -2.33. The smallest absolute Gasteiger partial charge is 0.0775 e. The first-order valence-electron chi connectivity index (χ1n) is 4.89. The lowest BCUT2D eigenvalue weighted by Crippen LogP contribution is -2.37. The van der Waals surface area contributed by atoms with Gasteiger partial charge in [0.25, 0.3) is 0 Å². The third kappa shape index (κ3) is 1.75. The molecule has 0 spiro atoms. The SMILES string of the molecule is NNC(c1ncccc1Cl)C1CCC1. The monoisotopic (exact) mass is 211 g/mol. The molecule has 1 aromatic heterocycles. The van der Waals surface area contributed by atoms with Gasteiger partial charge in [-0.25, -0.2) is 0 Å². The summed E-state index contributed by atoms with van der Waals surface area (Å²) < 4.78 is 0. The molecule has 1 unspecified atom stereocenters. The van der Waals surface area contributed by atoms with Gasteiger partial charge in [-0.05, 0) is 30.9 Å². The fourth-order valence-electron chi connectivity index (χ4n) is 1.84. The van der Waals surface area contributed by atoms with Crippen molar-refractivity contribution in [2.24, 2.45) is 11.8 Å². The van der Waals surface area contributed by atoms with E-state index in [1.807, 2.05) is 12.1 Å². The largest absolute Gasteiger partial charge is 0.271 e. The molecular formula is C10H14ClN3. The molecule has 1 aromatic rings. The van der Waals surface area contributed by atoms with Gasteiger partial charge in [-0.2, -0.15) is 0 Å². The molecule has 1 aliphatic rings. The standard InChI is InChI=1S/C10H14ClN3/c11-8-5-2-6-13-10(8)9(14-12)7-3-1-4-7/h2,5-7,9,14H,1,3-4,12H2. The van der Waals surface area contributed by atoms with Gasteiger partial charge in [-0.15, -0.1) is 0 Å². The molecule has 1 aliphatic carbocycles. The van der Waals surface area contributed by atoms with Gasteiger partial charge in [-0.1, -0.05) is 18.0 Å². The van der Waals surface area contributed by atoms with Gasteiger partial charge < -0.3 is 0 Å². The van der Waals surface area contributed by atoms with Crippen molar-refractivity contribution in [1.29, 1.82) is 0 Å². The van der Waals surface area contributed by atoms with E-state index in [0.717, 1.165) is 5.69 Å². The number of nitrogens with zero attached hydrogens (tertiary/aromatic N) is 1. The molecule has 0 radical (unpaired) electrons. The zero-order chi connectivity index (χ0) is 9.97. The van der Waals surface area contributed by atoms with Crippen molar-refractivity contribution in [2.75, 3.05) is 0 Å². The van der Waals surface area contributed by atoms with Gasteiger partial charge in [0.2, 0.25) is 0 Å². The molecule has 0 saturated heterocycles. The van der Waals surface area contributed by atoms with Crippen LogP contribution in [0.1, 0.15) is 31.0 Å². The molecule has 14 heavy (non-hydrogen) atoms. The minimum Gasteiger partial charge on any atom is -0.271 e. The number of aromatic nitrogens is 1. The highest BCUT2D eigenvalue weighted by Gasteiger charge is 2.29. The zero-order valence-electron chi connectivity index (χ0n) is 7.91. The van der Waals surface area contributed by atoms with Crippen LogP contribution in [0.25, 0.3) is 0 Å². The minimum atomic E-state index is 0.109. The van der Waals surface area contributed by atoms with Crippen LogP contribution in [-0.4, -0.2) is 4.98 Å². The molecule has 4 heteroatoms. The summed E-state index contributed by atoms with van der Waals surface area (Å²) in [6, 6.07) is 3.80. The van der Waals surface area contributed by atoms with E-state index in [-0.39, 0.29) is 6.04 Å². The summed E-state index contributed by atoms with van der Waals surface area (Å²) in [6.45, 7) is 0. The summed E-state index contributed by atoms with van der Waals surface area (Å²) in [6.07, 6.45) is 5.46. The molecule has 76 valence electrons. The number of rotatable bonds is 3. The van der Waals surface area contributed by atoms with Crippen molar-refractivity contribution in [3.8, 4) is 0 Å². The molecule has 1 atom stereocenters. The van der Waals surface area contributed by atoms with Gasteiger partial charge in [0.05, 0.1) is 16.8 Å². The number of nitrogens with one attached hydrogen (secondary N) is 1. The molecule has 2 rings (SSSR count). The lowest BCUT2D eigenvalue weighted by molar-refractivity contribution is 0.229. The maximum Gasteiger partial charge on any atom is 0.0775 e. The maximum absolute atomic E-state index is 6.06. The summed E-state index contributed by atoms with van der Waals surface area (Å²) in [7, 11) is 0. The number of hydrogen-bond donors (Lipinski definition) is 2. The summed E-state index contributed by atoms with van der Waals surface area (Å²) in [5, 5.41) is 0.697. The first kappa shape index (κ1) is 9.90. The highest BCUT2D eigenvalue weighted by molar-refractivity contribution is 6.31. The van der Waals surface area contributed by atoms with Crippen LogP contribution in [0.2, 0.25) is 5.02 Å². The summed E-state index contributed by atoms with van der Waals surface area (Å²) in [4.78, 5) is 4.28. The van der Waals surface area contributed by atoms with Crippen molar-refractivity contribution < 1.29 is 0 Å². The topological polar surface area (TPSA) is 50.9 Å². The Hall–Kier alpha value is -0.640. The van der Waals surface area contributed by atoms with E-state index in [1.165, 1.54) is 19.3 Å².